The van der Waals surface area contributed by atoms with Crippen molar-refractivity contribution in [1.29, 1.82) is 0 Å². The van der Waals surface area contributed by atoms with Gasteiger partial charge in [-0.1, -0.05) is 17.7 Å². The fraction of sp³-hybridized carbons (Fsp3) is 0. The SMILES string of the molecule is F[CH-]c1cccc(Cl)c1. The maximum atomic E-state index is 11.7. The van der Waals surface area contributed by atoms with Gasteiger partial charge >= 0.3 is 0 Å². The quantitative estimate of drug-likeness (QED) is 0.531. The first-order valence-electron chi connectivity index (χ1n) is 2.52. The molecule has 1 rings (SSSR count). The van der Waals surface area contributed by atoms with E-state index in [2.05, 4.69) is 0 Å². The molecular formula is C7H5ClF-. The molecule has 0 heterocycles. The Bertz CT molecular complexity index is 198. The Morgan fingerprint density at radius 3 is 2.67 bits per heavy atom. The van der Waals surface area contributed by atoms with E-state index in [9.17, 15) is 4.39 Å². The van der Waals surface area contributed by atoms with Crippen molar-refractivity contribution < 1.29 is 4.39 Å². The molecular weight excluding hydrogens is 139 g/mol. The molecule has 0 spiro atoms. The van der Waals surface area contributed by atoms with Crippen molar-refractivity contribution in [2.75, 3.05) is 0 Å². The second kappa shape index (κ2) is 2.74. The van der Waals surface area contributed by atoms with E-state index in [1.165, 1.54) is 0 Å². The van der Waals surface area contributed by atoms with Crippen LogP contribution in [0.15, 0.2) is 24.3 Å². The zero-order chi connectivity index (χ0) is 6.69. The summed E-state index contributed by atoms with van der Waals surface area (Å²) in [5, 5.41) is 0.557. The molecule has 0 aromatic heterocycles. The molecule has 0 unspecified atom stereocenters. The van der Waals surface area contributed by atoms with Crippen molar-refractivity contribution in [2.45, 2.75) is 0 Å². The lowest BCUT2D eigenvalue weighted by molar-refractivity contribution is 0.646. The average Bonchev–Trinajstić information content (AvgIpc) is 1.88. The van der Waals surface area contributed by atoms with Crippen LogP contribution in [0.5, 0.6) is 0 Å². The summed E-state index contributed by atoms with van der Waals surface area (Å²) in [6.07, 6.45) is 0. The summed E-state index contributed by atoms with van der Waals surface area (Å²) < 4.78 is 11.7. The summed E-state index contributed by atoms with van der Waals surface area (Å²) in [5.74, 6) is 0. The smallest absolute Gasteiger partial charge is 0.0148 e. The van der Waals surface area contributed by atoms with Gasteiger partial charge in [0.25, 0.3) is 0 Å². The summed E-state index contributed by atoms with van der Waals surface area (Å²) in [4.78, 5) is 0. The fourth-order valence-corrected chi connectivity index (χ4v) is 0.773. The first-order chi connectivity index (χ1) is 4.33. The van der Waals surface area contributed by atoms with Crippen LogP contribution in [-0.2, 0) is 0 Å². The monoisotopic (exact) mass is 143 g/mol. The molecule has 0 aliphatic heterocycles. The van der Waals surface area contributed by atoms with Gasteiger partial charge in [-0.2, -0.15) is 11.6 Å². The molecule has 0 aliphatic carbocycles. The van der Waals surface area contributed by atoms with Crippen LogP contribution < -0.4 is 0 Å². The highest BCUT2D eigenvalue weighted by molar-refractivity contribution is 6.30. The molecule has 48 valence electrons. The molecule has 0 atom stereocenters. The third-order valence-electron chi connectivity index (χ3n) is 0.975. The molecule has 0 radical (unpaired) electrons. The second-order valence-corrected chi connectivity index (χ2v) is 2.10. The molecule has 1 aromatic carbocycles. The van der Waals surface area contributed by atoms with Gasteiger partial charge in [0, 0.05) is 0 Å². The molecule has 0 fully saturated rings. The lowest BCUT2D eigenvalue weighted by atomic mass is 10.2. The number of benzene rings is 1. The number of hydrogen-bond acceptors (Lipinski definition) is 0. The molecule has 2 heteroatoms. The van der Waals surface area contributed by atoms with Crippen molar-refractivity contribution in [3.8, 4) is 0 Å². The summed E-state index contributed by atoms with van der Waals surface area (Å²) in [7, 11) is 0. The van der Waals surface area contributed by atoms with Crippen LogP contribution in [0.2, 0.25) is 5.02 Å². The van der Waals surface area contributed by atoms with Crippen LogP contribution in [-0.4, -0.2) is 0 Å². The van der Waals surface area contributed by atoms with Gasteiger partial charge in [-0.3, -0.25) is 4.39 Å². The van der Waals surface area contributed by atoms with Crippen molar-refractivity contribution in [3.05, 3.63) is 41.5 Å². The summed E-state index contributed by atoms with van der Waals surface area (Å²) in [6.45, 7) is 0.520. The highest BCUT2D eigenvalue weighted by Crippen LogP contribution is 2.11. The van der Waals surface area contributed by atoms with E-state index in [0.29, 0.717) is 17.3 Å². The molecule has 9 heavy (non-hydrogen) atoms. The van der Waals surface area contributed by atoms with Gasteiger partial charge in [0.1, 0.15) is 0 Å². The molecule has 0 saturated carbocycles. The summed E-state index contributed by atoms with van der Waals surface area (Å²) in [6, 6.07) is 6.61. The van der Waals surface area contributed by atoms with E-state index >= 15 is 0 Å². The van der Waals surface area contributed by atoms with Gasteiger partial charge < -0.3 is 0 Å². The third kappa shape index (κ3) is 1.61. The van der Waals surface area contributed by atoms with Gasteiger partial charge in [-0.25, -0.2) is 0 Å². The van der Waals surface area contributed by atoms with Gasteiger partial charge in [-0.15, -0.1) is 12.1 Å². The number of rotatable bonds is 1. The van der Waals surface area contributed by atoms with E-state index in [-0.39, 0.29) is 0 Å². The Kier molecular flexibility index (Phi) is 1.96. The second-order valence-electron chi connectivity index (χ2n) is 1.66. The van der Waals surface area contributed by atoms with Crippen LogP contribution in [0.1, 0.15) is 5.56 Å². The van der Waals surface area contributed by atoms with Crippen LogP contribution in [0.25, 0.3) is 0 Å². The van der Waals surface area contributed by atoms with E-state index in [1.54, 1.807) is 24.3 Å². The van der Waals surface area contributed by atoms with Crippen molar-refractivity contribution >= 4 is 11.6 Å². The highest BCUT2D eigenvalue weighted by Gasteiger charge is 1.80. The normalized spacial score (nSPS) is 9.11. The molecule has 0 saturated heterocycles. The van der Waals surface area contributed by atoms with Gasteiger partial charge in [0.05, 0.1) is 0 Å². The lowest BCUT2D eigenvalue weighted by Gasteiger charge is -2.01. The Morgan fingerprint density at radius 1 is 1.44 bits per heavy atom. The molecule has 0 amide bonds. The Balaban J connectivity index is 2.94. The maximum Gasteiger partial charge on any atom is -0.0148 e. The largest absolute Gasteiger partial charge is 0.292 e. The van der Waals surface area contributed by atoms with Crippen molar-refractivity contribution in [2.24, 2.45) is 0 Å². The molecule has 0 N–H and O–H groups in total. The van der Waals surface area contributed by atoms with Gasteiger partial charge in [-0.05, 0) is 11.7 Å². The first kappa shape index (κ1) is 6.43. The molecule has 0 nitrogen and oxygen atoms in total. The maximum absolute atomic E-state index is 11.7. The Labute approximate surface area is 58.3 Å². The van der Waals surface area contributed by atoms with Gasteiger partial charge in [0.2, 0.25) is 0 Å². The van der Waals surface area contributed by atoms with E-state index in [0.717, 1.165) is 0 Å². The Morgan fingerprint density at radius 2 is 2.22 bits per heavy atom. The summed E-state index contributed by atoms with van der Waals surface area (Å²) >= 11 is 5.54. The third-order valence-corrected chi connectivity index (χ3v) is 1.21. The zero-order valence-corrected chi connectivity index (χ0v) is 5.40. The van der Waals surface area contributed by atoms with Crippen LogP contribution in [0.3, 0.4) is 0 Å². The summed E-state index contributed by atoms with van der Waals surface area (Å²) in [5.41, 5.74) is 0.502. The topological polar surface area (TPSA) is 0 Å². The van der Waals surface area contributed by atoms with E-state index in [1.807, 2.05) is 0 Å². The average molecular weight is 144 g/mol. The van der Waals surface area contributed by atoms with Gasteiger partial charge in [0.15, 0.2) is 0 Å². The zero-order valence-electron chi connectivity index (χ0n) is 4.64. The minimum Gasteiger partial charge on any atom is -0.292 e. The first-order valence-corrected chi connectivity index (χ1v) is 2.90. The van der Waals surface area contributed by atoms with E-state index < -0.39 is 0 Å². The lowest BCUT2D eigenvalue weighted by Crippen LogP contribution is -1.72. The molecule has 0 bridgehead atoms. The molecule has 1 aromatic rings. The standard InChI is InChI=1S/C7H5ClF/c8-7-3-1-2-6(4-7)5-9/h1-5H/q-1. The van der Waals surface area contributed by atoms with Crippen LogP contribution in [0.4, 0.5) is 4.39 Å². The van der Waals surface area contributed by atoms with Crippen molar-refractivity contribution in [1.82, 2.24) is 0 Å². The fourth-order valence-electron chi connectivity index (χ4n) is 0.574. The van der Waals surface area contributed by atoms with E-state index in [4.69, 9.17) is 11.6 Å². The predicted octanol–water partition coefficient (Wildman–Crippen LogP) is 2.82. The van der Waals surface area contributed by atoms with Crippen molar-refractivity contribution in [3.63, 3.8) is 0 Å². The minimum absolute atomic E-state index is 0.502. The highest BCUT2D eigenvalue weighted by atomic mass is 35.5. The predicted molar refractivity (Wildman–Crippen MR) is 36.0 cm³/mol. The number of hydrogen-bond donors (Lipinski definition) is 0. The van der Waals surface area contributed by atoms with Crippen LogP contribution >= 0.6 is 11.6 Å². The minimum atomic E-state index is 0.502. The number of halogens is 2. The van der Waals surface area contributed by atoms with Crippen LogP contribution in [0, 0.1) is 6.67 Å². The molecule has 0 aliphatic rings. The Hall–Kier alpha value is -0.690.